The van der Waals surface area contributed by atoms with Crippen LogP contribution in [0.25, 0.3) is 22.5 Å². The second kappa shape index (κ2) is 9.21. The number of ketones is 1. The van der Waals surface area contributed by atoms with Crippen molar-refractivity contribution < 1.29 is 26.8 Å². The van der Waals surface area contributed by atoms with Crippen LogP contribution < -0.4 is 0 Å². The van der Waals surface area contributed by atoms with Crippen LogP contribution in [-0.4, -0.2) is 15.8 Å². The van der Waals surface area contributed by atoms with Crippen LogP contribution in [0.4, 0.5) is 17.6 Å². The number of pyridine rings is 1. The summed E-state index contributed by atoms with van der Waals surface area (Å²) in [4.78, 5) is 20.5. The van der Waals surface area contributed by atoms with Gasteiger partial charge in [-0.3, -0.25) is 9.78 Å². The second-order valence-corrected chi connectivity index (χ2v) is 8.15. The summed E-state index contributed by atoms with van der Waals surface area (Å²) in [6.07, 6.45) is -0.604. The normalized spacial score (nSPS) is 12.5. The lowest BCUT2D eigenvalue weighted by Gasteiger charge is -2.14. The molecule has 174 valence electrons. The molecule has 4 rings (SSSR count). The summed E-state index contributed by atoms with van der Waals surface area (Å²) in [5.74, 6) is -0.626. The van der Waals surface area contributed by atoms with E-state index in [4.69, 9.17) is 4.42 Å². The summed E-state index contributed by atoms with van der Waals surface area (Å²) < 4.78 is 58.4. The van der Waals surface area contributed by atoms with E-state index in [9.17, 15) is 22.4 Å². The summed E-state index contributed by atoms with van der Waals surface area (Å²) in [5, 5.41) is 0. The zero-order valence-corrected chi connectivity index (χ0v) is 18.4. The Morgan fingerprint density at radius 2 is 1.79 bits per heavy atom. The number of nitrogens with zero attached hydrogens (tertiary/aromatic N) is 2. The lowest BCUT2D eigenvalue weighted by Crippen LogP contribution is -2.10. The molecule has 0 unspecified atom stereocenters. The van der Waals surface area contributed by atoms with Gasteiger partial charge < -0.3 is 4.42 Å². The highest BCUT2D eigenvalue weighted by molar-refractivity contribution is 5.99. The molecule has 4 nitrogen and oxygen atoms in total. The summed E-state index contributed by atoms with van der Waals surface area (Å²) >= 11 is 0. The molecule has 0 aliphatic rings. The van der Waals surface area contributed by atoms with Gasteiger partial charge in [0.2, 0.25) is 0 Å². The number of carbonyl (C=O) groups excluding carboxylic acids is 1. The smallest absolute Gasteiger partial charge is 0.433 e. The third-order valence-corrected chi connectivity index (χ3v) is 5.54. The van der Waals surface area contributed by atoms with Crippen molar-refractivity contribution in [1.82, 2.24) is 9.97 Å². The van der Waals surface area contributed by atoms with Crippen LogP contribution in [0.15, 0.2) is 71.7 Å². The molecule has 0 saturated carbocycles. The molecular weight excluding hydrogens is 448 g/mol. The minimum atomic E-state index is -4.53. The van der Waals surface area contributed by atoms with E-state index in [2.05, 4.69) is 9.97 Å². The van der Waals surface area contributed by atoms with Crippen molar-refractivity contribution in [3.05, 3.63) is 95.5 Å². The Bertz CT molecular complexity index is 1310. The number of rotatable bonds is 6. The topological polar surface area (TPSA) is 56.0 Å². The van der Waals surface area contributed by atoms with Crippen LogP contribution in [0.3, 0.4) is 0 Å². The highest BCUT2D eigenvalue weighted by Gasteiger charge is 2.32. The molecule has 0 spiro atoms. The van der Waals surface area contributed by atoms with Crippen LogP contribution in [0.5, 0.6) is 0 Å². The maximum Gasteiger partial charge on any atom is 0.433 e. The third kappa shape index (κ3) is 5.06. The molecule has 2 heterocycles. The first-order chi connectivity index (χ1) is 16.1. The SMILES string of the molecule is Cc1ccc(-c2cc(C(=O)C[C@H](C)c3ccc(C(F)(F)F)nc3)cc(-c3cnco3)c2)c(F)c1. The number of aryl methyl sites for hydroxylation is 1. The van der Waals surface area contributed by atoms with E-state index in [1.807, 2.05) is 0 Å². The molecule has 0 fully saturated rings. The van der Waals surface area contributed by atoms with Crippen molar-refractivity contribution in [2.24, 2.45) is 0 Å². The van der Waals surface area contributed by atoms with Gasteiger partial charge in [0.05, 0.1) is 6.20 Å². The van der Waals surface area contributed by atoms with Crippen LogP contribution >= 0.6 is 0 Å². The number of hydrogen-bond acceptors (Lipinski definition) is 4. The van der Waals surface area contributed by atoms with Gasteiger partial charge in [-0.05, 0) is 59.9 Å². The first kappa shape index (κ1) is 23.4. The number of alkyl halides is 3. The molecule has 8 heteroatoms. The summed E-state index contributed by atoms with van der Waals surface area (Å²) in [6, 6.07) is 12.0. The van der Waals surface area contributed by atoms with Crippen LogP contribution in [0.1, 0.15) is 46.4 Å². The molecule has 0 aliphatic heterocycles. The monoisotopic (exact) mass is 468 g/mol. The molecule has 4 aromatic rings. The van der Waals surface area contributed by atoms with Crippen molar-refractivity contribution in [3.8, 4) is 22.5 Å². The Labute approximate surface area is 193 Å². The highest BCUT2D eigenvalue weighted by atomic mass is 19.4. The third-order valence-electron chi connectivity index (χ3n) is 5.54. The van der Waals surface area contributed by atoms with E-state index >= 15 is 0 Å². The van der Waals surface area contributed by atoms with Crippen molar-refractivity contribution in [2.45, 2.75) is 32.4 Å². The number of benzene rings is 2. The standard InChI is InChI=1S/C26H20F4N2O2/c1-15-3-5-21(22(27)7-15)18-9-19(11-20(10-18)24-13-31-14-34-24)23(33)8-16(2)17-4-6-25(32-12-17)26(28,29)30/h3-7,9-14,16H,8H2,1-2H3/t16-/m0/s1. The van der Waals surface area contributed by atoms with Crippen LogP contribution in [0, 0.1) is 12.7 Å². The van der Waals surface area contributed by atoms with Crippen molar-refractivity contribution in [1.29, 1.82) is 0 Å². The molecule has 0 radical (unpaired) electrons. The number of halogens is 4. The molecule has 2 aromatic carbocycles. The molecule has 2 aromatic heterocycles. The second-order valence-electron chi connectivity index (χ2n) is 8.15. The summed E-state index contributed by atoms with van der Waals surface area (Å²) in [5.41, 5.74) is 2.01. The number of oxazole rings is 1. The average Bonchev–Trinajstić information content (AvgIpc) is 3.33. The Morgan fingerprint density at radius 3 is 2.41 bits per heavy atom. The molecule has 0 amide bonds. The van der Waals surface area contributed by atoms with Crippen molar-refractivity contribution in [3.63, 3.8) is 0 Å². The molecule has 0 aliphatic carbocycles. The number of Topliss-reactive ketones (excluding diaryl/α,β-unsaturated/α-hetero) is 1. The molecule has 0 saturated heterocycles. The maximum absolute atomic E-state index is 14.7. The minimum absolute atomic E-state index is 0.0305. The molecule has 1 atom stereocenters. The van der Waals surface area contributed by atoms with Crippen LogP contribution in [-0.2, 0) is 6.18 Å². The Balaban J connectivity index is 1.66. The van der Waals surface area contributed by atoms with Gasteiger partial charge in [0.1, 0.15) is 11.5 Å². The van der Waals surface area contributed by atoms with Crippen molar-refractivity contribution in [2.75, 3.05) is 0 Å². The van der Waals surface area contributed by atoms with E-state index < -0.39 is 17.7 Å². The fourth-order valence-electron chi connectivity index (χ4n) is 3.68. The fourth-order valence-corrected chi connectivity index (χ4v) is 3.68. The van der Waals surface area contributed by atoms with Gasteiger partial charge in [0.25, 0.3) is 0 Å². The fraction of sp³-hybridized carbons (Fsp3) is 0.192. The number of aromatic nitrogens is 2. The minimum Gasteiger partial charge on any atom is -0.444 e. The van der Waals surface area contributed by atoms with E-state index in [0.717, 1.165) is 17.8 Å². The van der Waals surface area contributed by atoms with E-state index in [0.29, 0.717) is 33.6 Å². The predicted molar refractivity (Wildman–Crippen MR) is 119 cm³/mol. The quantitative estimate of drug-likeness (QED) is 0.221. The molecule has 34 heavy (non-hydrogen) atoms. The largest absolute Gasteiger partial charge is 0.444 e. The van der Waals surface area contributed by atoms with Gasteiger partial charge in [-0.1, -0.05) is 25.1 Å². The Kier molecular flexibility index (Phi) is 6.32. The van der Waals surface area contributed by atoms with Crippen LogP contribution in [0.2, 0.25) is 0 Å². The zero-order valence-electron chi connectivity index (χ0n) is 18.4. The molecular formula is C26H20F4N2O2. The summed E-state index contributed by atoms with van der Waals surface area (Å²) in [7, 11) is 0. The summed E-state index contributed by atoms with van der Waals surface area (Å²) in [6.45, 7) is 3.52. The maximum atomic E-state index is 14.7. The lowest BCUT2D eigenvalue weighted by atomic mass is 9.91. The van der Waals surface area contributed by atoms with Gasteiger partial charge in [-0.2, -0.15) is 13.2 Å². The van der Waals surface area contributed by atoms with Gasteiger partial charge >= 0.3 is 6.18 Å². The Morgan fingerprint density at radius 1 is 1.03 bits per heavy atom. The van der Waals surface area contributed by atoms with E-state index in [1.54, 1.807) is 44.2 Å². The van der Waals surface area contributed by atoms with Crippen molar-refractivity contribution >= 4 is 5.78 Å². The average molecular weight is 468 g/mol. The van der Waals surface area contributed by atoms with E-state index in [-0.39, 0.29) is 18.1 Å². The highest BCUT2D eigenvalue weighted by Crippen LogP contribution is 2.32. The first-order valence-corrected chi connectivity index (χ1v) is 10.5. The van der Waals surface area contributed by atoms with Gasteiger partial charge in [-0.15, -0.1) is 0 Å². The lowest BCUT2D eigenvalue weighted by molar-refractivity contribution is -0.141. The Hall–Kier alpha value is -3.81. The van der Waals surface area contributed by atoms with E-state index in [1.165, 1.54) is 24.7 Å². The molecule has 0 N–H and O–H groups in total. The number of carbonyl (C=O) groups is 1. The van der Waals surface area contributed by atoms with Gasteiger partial charge in [-0.25, -0.2) is 9.37 Å². The number of hydrogen-bond donors (Lipinski definition) is 0. The first-order valence-electron chi connectivity index (χ1n) is 10.5. The molecule has 0 bridgehead atoms. The van der Waals surface area contributed by atoms with Gasteiger partial charge in [0.15, 0.2) is 17.9 Å². The van der Waals surface area contributed by atoms with Gasteiger partial charge in [0, 0.05) is 29.3 Å². The zero-order chi connectivity index (χ0) is 24.5. The predicted octanol–water partition coefficient (Wildman–Crippen LogP) is 7.25.